The zero-order chi connectivity index (χ0) is 70.0. The summed E-state index contributed by atoms with van der Waals surface area (Å²) in [6.07, 6.45) is 45.1. The van der Waals surface area contributed by atoms with Gasteiger partial charge in [0.2, 0.25) is 0 Å². The number of carbonyl (C=O) groups is 6. The Balaban J connectivity index is -0.000000465. The molecule has 0 heterocycles. The molecule has 0 rings (SSSR count). The second-order valence-corrected chi connectivity index (χ2v) is 30.7. The molecule has 15 heteroatoms. The van der Waals surface area contributed by atoms with Gasteiger partial charge in [0, 0.05) is 25.7 Å². The van der Waals surface area contributed by atoms with E-state index in [2.05, 4.69) is 11.8 Å². The third-order valence-electron chi connectivity index (χ3n) is 13.8. The number of rotatable bonds is 45. The number of carboxylic acids is 1. The summed E-state index contributed by atoms with van der Waals surface area (Å²) in [5, 5.41) is 27.4. The molecule has 0 aliphatic carbocycles. The monoisotopic (exact) mass is 1310 g/mol. The van der Waals surface area contributed by atoms with Crippen LogP contribution in [0.3, 0.4) is 0 Å². The van der Waals surface area contributed by atoms with Gasteiger partial charge in [-0.1, -0.05) is 188 Å². The summed E-state index contributed by atoms with van der Waals surface area (Å²) in [4.78, 5) is 76.6. The Labute approximate surface area is 601 Å². The number of ether oxygens (including phenoxy) is 5. The van der Waals surface area contributed by atoms with Crippen LogP contribution in [-0.4, -0.2) is 86.2 Å². The predicted octanol–water partition coefficient (Wildman–Crippen LogP) is 16.0. The van der Waals surface area contributed by atoms with Gasteiger partial charge in [-0.3, -0.25) is 28.8 Å². The molecule has 0 aromatic rings. The van der Waals surface area contributed by atoms with Crippen molar-refractivity contribution in [2.75, 3.05) is 6.61 Å². The summed E-state index contributed by atoms with van der Waals surface area (Å²) < 4.78 is 28.3. The number of hydrogen-bond donors (Lipinski definition) is 2. The summed E-state index contributed by atoms with van der Waals surface area (Å²) in [5.74, 6) is 2.72. The topological polar surface area (TPSA) is 212 Å². The van der Waals surface area contributed by atoms with Crippen LogP contribution in [0.15, 0.2) is 0 Å². The molecule has 0 radical (unpaired) electrons. The number of unbranched alkanes of at least 4 members (excludes halogenated alkanes) is 28. The van der Waals surface area contributed by atoms with Crippen molar-refractivity contribution >= 4 is 35.8 Å². The van der Waals surface area contributed by atoms with Crippen molar-refractivity contribution in [3.8, 4) is 24.7 Å². The van der Waals surface area contributed by atoms with Gasteiger partial charge in [0.25, 0.3) is 0 Å². The molecule has 0 aromatic heterocycles. The zero-order valence-corrected chi connectivity index (χ0v) is 65.6. The summed E-state index contributed by atoms with van der Waals surface area (Å²) >= 11 is 0. The molecule has 0 atom stereocenters. The van der Waals surface area contributed by atoms with E-state index in [0.717, 1.165) is 205 Å². The molecule has 528 valence electrons. The minimum atomic E-state index is -1.29. The second-order valence-electron chi connectivity index (χ2n) is 30.7. The van der Waals surface area contributed by atoms with E-state index < -0.39 is 74.3 Å². The van der Waals surface area contributed by atoms with Crippen molar-refractivity contribution in [3.63, 3.8) is 0 Å². The van der Waals surface area contributed by atoms with Crippen molar-refractivity contribution in [3.05, 3.63) is 0 Å². The fraction of sp³-hybridized carbons (Fsp3) is 0.868. The first-order chi connectivity index (χ1) is 41.5. The number of aliphatic hydroxyl groups is 1. The molecule has 91 heavy (non-hydrogen) atoms. The van der Waals surface area contributed by atoms with Gasteiger partial charge in [-0.25, -0.2) is 0 Å². The van der Waals surface area contributed by atoms with Crippen LogP contribution in [0.1, 0.15) is 376 Å². The average molecular weight is 1320 g/mol. The number of carboxylic acid groups (broad SMARTS) is 1. The van der Waals surface area contributed by atoms with Gasteiger partial charge in [0.15, 0.2) is 10.8 Å². The molecule has 0 spiro atoms. The van der Waals surface area contributed by atoms with Gasteiger partial charge in [-0.15, -0.1) is 30.3 Å². The predicted molar refractivity (Wildman–Crippen MR) is 367 cm³/mol. The van der Waals surface area contributed by atoms with Crippen LogP contribution in [0.2, 0.25) is 0 Å². The van der Waals surface area contributed by atoms with Gasteiger partial charge in [-0.2, -0.15) is 0 Å². The summed E-state index contributed by atoms with van der Waals surface area (Å²) in [6.45, 7) is 34.5. The standard InChI is InChI=1S/C35H62O6.C33H58O6.C4H10O.C4H9O.K/c1-9-11-12-13-14-16-19-22-25-28-35(31(37)40-33(3,4)5,32(38)41-34(6,7)8)29-26-23-20-17-15-18-21-24-27-30(36)39-10-2;1-8-9-10-11-12-14-17-20-23-26-33(29(36)38-31(2,3)4,30(37)39-32(5,6)7)27-24-21-18-15-13-16-19-22-25-28(34)35;2*1-4(2,3)5;/h1H,10-29H2,2-8H3;1H,9-27H2,2-7H3,(H,34,35);5H,1-3H3;1-3H3;/q;;;-1;+1. The van der Waals surface area contributed by atoms with E-state index in [1.165, 1.54) is 0 Å². The molecule has 0 saturated heterocycles. The van der Waals surface area contributed by atoms with E-state index in [1.807, 2.05) is 90.0 Å². The van der Waals surface area contributed by atoms with Gasteiger partial charge < -0.3 is 39.0 Å². The van der Waals surface area contributed by atoms with Crippen molar-refractivity contribution < 1.29 is 119 Å². The van der Waals surface area contributed by atoms with E-state index in [0.29, 0.717) is 38.7 Å². The molecule has 0 bridgehead atoms. The molecule has 0 aliphatic rings. The Morgan fingerprint density at radius 1 is 0.363 bits per heavy atom. The van der Waals surface area contributed by atoms with Crippen LogP contribution in [0.4, 0.5) is 0 Å². The van der Waals surface area contributed by atoms with Crippen LogP contribution in [0.5, 0.6) is 0 Å². The van der Waals surface area contributed by atoms with Gasteiger partial charge in [-0.05, 0) is 162 Å². The van der Waals surface area contributed by atoms with Crippen LogP contribution in [0.25, 0.3) is 0 Å². The quantitative estimate of drug-likeness (QED) is 0.0145. The Morgan fingerprint density at radius 2 is 0.549 bits per heavy atom. The van der Waals surface area contributed by atoms with E-state index in [4.69, 9.17) is 46.7 Å². The molecule has 14 nitrogen and oxygen atoms in total. The molecule has 0 saturated carbocycles. The molecule has 0 aromatic carbocycles. The van der Waals surface area contributed by atoms with Crippen molar-refractivity contribution in [2.24, 2.45) is 10.8 Å². The van der Waals surface area contributed by atoms with E-state index in [-0.39, 0.29) is 63.8 Å². The molecule has 0 aliphatic heterocycles. The maximum Gasteiger partial charge on any atom is 1.00 e. The van der Waals surface area contributed by atoms with Gasteiger partial charge in [0.05, 0.1) is 12.2 Å². The fourth-order valence-corrected chi connectivity index (χ4v) is 9.57. The molecular formula is C76H139KO14. The maximum absolute atomic E-state index is 13.7. The Hall–Kier alpha value is -2.50. The number of terminal acetylenes is 2. The number of esters is 5. The third kappa shape index (κ3) is 68.7. The van der Waals surface area contributed by atoms with Gasteiger partial charge in [0.1, 0.15) is 22.4 Å². The molecule has 0 unspecified atom stereocenters. The van der Waals surface area contributed by atoms with Crippen LogP contribution in [-0.2, 0) is 52.5 Å². The fourth-order valence-electron chi connectivity index (χ4n) is 9.57. The van der Waals surface area contributed by atoms with Crippen molar-refractivity contribution in [2.45, 2.75) is 409 Å². The third-order valence-corrected chi connectivity index (χ3v) is 13.8. The Kier molecular flexibility index (Phi) is 58.3. The first-order valence-corrected chi connectivity index (χ1v) is 35.1. The first-order valence-electron chi connectivity index (χ1n) is 35.1. The first kappa shape index (κ1) is 97.2. The van der Waals surface area contributed by atoms with E-state index >= 15 is 0 Å². The molecular weight excluding hydrogens is 1180 g/mol. The Bertz CT molecular complexity index is 1880. The largest absolute Gasteiger partial charge is 1.00 e. The van der Waals surface area contributed by atoms with Crippen LogP contribution < -0.4 is 56.5 Å². The second kappa shape index (κ2) is 54.6. The Morgan fingerprint density at radius 3 is 0.736 bits per heavy atom. The van der Waals surface area contributed by atoms with E-state index in [1.54, 1.807) is 41.5 Å². The summed E-state index contributed by atoms with van der Waals surface area (Å²) in [6, 6.07) is 0. The smallest absolute Gasteiger partial charge is 0.850 e. The zero-order valence-electron chi connectivity index (χ0n) is 62.5. The average Bonchev–Trinajstić information content (AvgIpc) is 0.994. The normalized spacial score (nSPS) is 11.9. The summed E-state index contributed by atoms with van der Waals surface area (Å²) in [7, 11) is 0. The minimum absolute atomic E-state index is 0. The maximum atomic E-state index is 13.7. The minimum Gasteiger partial charge on any atom is -0.850 e. The molecule has 2 N–H and O–H groups in total. The van der Waals surface area contributed by atoms with Crippen LogP contribution >= 0.6 is 0 Å². The summed E-state index contributed by atoms with van der Waals surface area (Å²) in [5.41, 5.74) is -6.57. The molecule has 0 fully saturated rings. The van der Waals surface area contributed by atoms with Gasteiger partial charge >= 0.3 is 87.2 Å². The van der Waals surface area contributed by atoms with Crippen molar-refractivity contribution in [1.82, 2.24) is 0 Å². The van der Waals surface area contributed by atoms with Crippen molar-refractivity contribution in [1.29, 1.82) is 0 Å². The number of hydrogen-bond acceptors (Lipinski definition) is 13. The van der Waals surface area contributed by atoms with E-state index in [9.17, 15) is 33.9 Å². The molecule has 0 amide bonds. The van der Waals surface area contributed by atoms with Crippen LogP contribution in [0, 0.1) is 35.5 Å². The number of aliphatic carboxylic acids is 1. The SMILES string of the molecule is C#CCCCCCCCCCC(CCCCCCCCCCC(=O)O)(C(=O)OC(C)(C)C)C(=O)OC(C)(C)C.C#CCCCCCCCCCC(CCCCCCCCCCC(=O)OCC)(C(=O)OC(C)(C)C)C(=O)OC(C)(C)C.CC(C)(C)O.CC(C)(C)[O-].[K+]. The number of carbonyl (C=O) groups excluding carboxylic acids is 5.